The van der Waals surface area contributed by atoms with E-state index in [9.17, 15) is 4.39 Å². The van der Waals surface area contributed by atoms with E-state index in [4.69, 9.17) is 22.1 Å². The van der Waals surface area contributed by atoms with Crippen LogP contribution in [0.3, 0.4) is 0 Å². The van der Waals surface area contributed by atoms with Gasteiger partial charge >= 0.3 is 0 Å². The molecule has 0 aromatic heterocycles. The van der Waals surface area contributed by atoms with E-state index in [1.807, 2.05) is 0 Å². The third kappa shape index (κ3) is 1.59. The molecule has 88 valence electrons. The standard InChI is InChI=1S/C12H15ClFNO/c1-16-9-4-3-8(13)10(11(9)14)12(7-15)5-2-6-12/h3-4H,2,5-7,15H2,1H3. The molecule has 0 atom stereocenters. The van der Waals surface area contributed by atoms with Crippen LogP contribution in [-0.4, -0.2) is 13.7 Å². The van der Waals surface area contributed by atoms with Crippen molar-refractivity contribution in [3.8, 4) is 5.75 Å². The van der Waals surface area contributed by atoms with Gasteiger partial charge in [0.1, 0.15) is 0 Å². The Morgan fingerprint density at radius 2 is 2.19 bits per heavy atom. The zero-order valence-corrected chi connectivity index (χ0v) is 9.98. The number of ether oxygens (including phenoxy) is 1. The molecule has 0 aliphatic heterocycles. The van der Waals surface area contributed by atoms with Crippen LogP contribution in [0, 0.1) is 5.82 Å². The van der Waals surface area contributed by atoms with Crippen molar-refractivity contribution in [3.63, 3.8) is 0 Å². The van der Waals surface area contributed by atoms with Crippen LogP contribution in [-0.2, 0) is 5.41 Å². The van der Waals surface area contributed by atoms with Gasteiger partial charge in [0.15, 0.2) is 11.6 Å². The second-order valence-corrected chi connectivity index (χ2v) is 4.68. The molecule has 0 unspecified atom stereocenters. The van der Waals surface area contributed by atoms with Crippen LogP contribution < -0.4 is 10.5 Å². The topological polar surface area (TPSA) is 35.2 Å². The maximum Gasteiger partial charge on any atom is 0.170 e. The van der Waals surface area contributed by atoms with Crippen LogP contribution in [0.5, 0.6) is 5.75 Å². The van der Waals surface area contributed by atoms with Gasteiger partial charge in [-0.15, -0.1) is 0 Å². The summed E-state index contributed by atoms with van der Waals surface area (Å²) in [5, 5.41) is 0.448. The minimum absolute atomic E-state index is 0.235. The largest absolute Gasteiger partial charge is 0.494 e. The Balaban J connectivity index is 2.54. The molecule has 1 aliphatic carbocycles. The highest BCUT2D eigenvalue weighted by Gasteiger charge is 2.41. The molecule has 0 spiro atoms. The van der Waals surface area contributed by atoms with Crippen molar-refractivity contribution < 1.29 is 9.13 Å². The highest BCUT2D eigenvalue weighted by atomic mass is 35.5. The first-order valence-electron chi connectivity index (χ1n) is 5.37. The van der Waals surface area contributed by atoms with Gasteiger partial charge in [0.05, 0.1) is 7.11 Å². The predicted molar refractivity (Wildman–Crippen MR) is 62.5 cm³/mol. The summed E-state index contributed by atoms with van der Waals surface area (Å²) in [4.78, 5) is 0. The lowest BCUT2D eigenvalue weighted by Gasteiger charge is -2.42. The van der Waals surface area contributed by atoms with Gasteiger partial charge in [0.2, 0.25) is 0 Å². The summed E-state index contributed by atoms with van der Waals surface area (Å²) in [7, 11) is 1.45. The van der Waals surface area contributed by atoms with Gasteiger partial charge in [0, 0.05) is 22.5 Å². The Bertz CT molecular complexity index is 399. The first-order chi connectivity index (χ1) is 7.64. The lowest BCUT2D eigenvalue weighted by atomic mass is 9.64. The number of methoxy groups -OCH3 is 1. The van der Waals surface area contributed by atoms with Crippen molar-refractivity contribution in [3.05, 3.63) is 28.5 Å². The molecule has 2 N–H and O–H groups in total. The first kappa shape index (κ1) is 11.7. The molecule has 0 radical (unpaired) electrons. The number of halogens is 2. The fraction of sp³-hybridized carbons (Fsp3) is 0.500. The summed E-state index contributed by atoms with van der Waals surface area (Å²) in [6.45, 7) is 0.427. The summed E-state index contributed by atoms with van der Waals surface area (Å²) in [5.41, 5.74) is 6.01. The van der Waals surface area contributed by atoms with Crippen LogP contribution in [0.4, 0.5) is 4.39 Å². The van der Waals surface area contributed by atoms with Crippen molar-refractivity contribution in [2.45, 2.75) is 24.7 Å². The summed E-state index contributed by atoms with van der Waals surface area (Å²) in [5.74, 6) is -0.126. The number of hydrogen-bond donors (Lipinski definition) is 1. The van der Waals surface area contributed by atoms with E-state index >= 15 is 0 Å². The first-order valence-corrected chi connectivity index (χ1v) is 5.75. The molecule has 0 heterocycles. The molecule has 2 nitrogen and oxygen atoms in total. The van der Waals surface area contributed by atoms with Crippen LogP contribution >= 0.6 is 11.6 Å². The van der Waals surface area contributed by atoms with Gasteiger partial charge in [-0.2, -0.15) is 0 Å². The summed E-state index contributed by atoms with van der Waals surface area (Å²) in [6, 6.07) is 3.22. The van der Waals surface area contributed by atoms with Crippen LogP contribution in [0.2, 0.25) is 5.02 Å². The average molecular weight is 244 g/mol. The molecule has 1 fully saturated rings. The number of rotatable bonds is 3. The molecule has 1 saturated carbocycles. The van der Waals surface area contributed by atoms with E-state index in [0.717, 1.165) is 19.3 Å². The molecule has 1 aromatic rings. The van der Waals surface area contributed by atoms with Gasteiger partial charge in [-0.1, -0.05) is 18.0 Å². The maximum absolute atomic E-state index is 14.2. The van der Waals surface area contributed by atoms with Crippen molar-refractivity contribution in [2.75, 3.05) is 13.7 Å². The highest BCUT2D eigenvalue weighted by molar-refractivity contribution is 6.31. The Labute approximate surface area is 99.5 Å². The lowest BCUT2D eigenvalue weighted by molar-refractivity contribution is 0.242. The molecule has 4 heteroatoms. The van der Waals surface area contributed by atoms with Gasteiger partial charge in [0.25, 0.3) is 0 Å². The summed E-state index contributed by atoms with van der Waals surface area (Å²) >= 11 is 6.08. The molecular weight excluding hydrogens is 229 g/mol. The van der Waals surface area contributed by atoms with E-state index in [-0.39, 0.29) is 17.0 Å². The summed E-state index contributed by atoms with van der Waals surface area (Å²) < 4.78 is 19.1. The van der Waals surface area contributed by atoms with E-state index in [1.165, 1.54) is 7.11 Å². The van der Waals surface area contributed by atoms with Gasteiger partial charge in [-0.05, 0) is 25.0 Å². The third-order valence-corrected chi connectivity index (χ3v) is 3.82. The molecule has 1 aliphatic rings. The van der Waals surface area contributed by atoms with E-state index in [1.54, 1.807) is 12.1 Å². The minimum Gasteiger partial charge on any atom is -0.494 e. The molecule has 0 amide bonds. The fourth-order valence-electron chi connectivity index (χ4n) is 2.34. The Hall–Kier alpha value is -0.800. The third-order valence-electron chi connectivity index (χ3n) is 3.51. The molecule has 2 rings (SSSR count). The van der Waals surface area contributed by atoms with Crippen molar-refractivity contribution in [2.24, 2.45) is 5.73 Å². The molecule has 0 bridgehead atoms. The van der Waals surface area contributed by atoms with E-state index in [0.29, 0.717) is 17.1 Å². The highest BCUT2D eigenvalue weighted by Crippen LogP contribution is 2.47. The Morgan fingerprint density at radius 1 is 1.50 bits per heavy atom. The smallest absolute Gasteiger partial charge is 0.170 e. The second-order valence-electron chi connectivity index (χ2n) is 4.28. The maximum atomic E-state index is 14.2. The molecule has 16 heavy (non-hydrogen) atoms. The second kappa shape index (κ2) is 4.22. The summed E-state index contributed by atoms with van der Waals surface area (Å²) in [6.07, 6.45) is 2.87. The van der Waals surface area contributed by atoms with Crippen LogP contribution in [0.15, 0.2) is 12.1 Å². The zero-order chi connectivity index (χ0) is 11.8. The van der Waals surface area contributed by atoms with Gasteiger partial charge < -0.3 is 10.5 Å². The average Bonchev–Trinajstić information content (AvgIpc) is 2.22. The SMILES string of the molecule is COc1ccc(Cl)c(C2(CN)CCC2)c1F. The molecular formula is C12H15ClFNO. The van der Waals surface area contributed by atoms with Crippen molar-refractivity contribution >= 4 is 11.6 Å². The number of benzene rings is 1. The van der Waals surface area contributed by atoms with Gasteiger partial charge in [-0.25, -0.2) is 4.39 Å². The quantitative estimate of drug-likeness (QED) is 0.886. The van der Waals surface area contributed by atoms with Gasteiger partial charge in [-0.3, -0.25) is 0 Å². The number of nitrogens with two attached hydrogens (primary N) is 1. The van der Waals surface area contributed by atoms with E-state index < -0.39 is 0 Å². The van der Waals surface area contributed by atoms with Crippen LogP contribution in [0.1, 0.15) is 24.8 Å². The van der Waals surface area contributed by atoms with Crippen LogP contribution in [0.25, 0.3) is 0 Å². The molecule has 1 aromatic carbocycles. The number of hydrogen-bond acceptors (Lipinski definition) is 2. The van der Waals surface area contributed by atoms with Crippen molar-refractivity contribution in [1.82, 2.24) is 0 Å². The Morgan fingerprint density at radius 3 is 2.62 bits per heavy atom. The predicted octanol–water partition coefficient (Wildman–Crippen LogP) is 2.87. The van der Waals surface area contributed by atoms with Crippen molar-refractivity contribution in [1.29, 1.82) is 0 Å². The lowest BCUT2D eigenvalue weighted by Crippen LogP contribution is -2.42. The fourth-order valence-corrected chi connectivity index (χ4v) is 2.68. The monoisotopic (exact) mass is 243 g/mol. The zero-order valence-electron chi connectivity index (χ0n) is 9.22. The molecule has 0 saturated heterocycles. The Kier molecular flexibility index (Phi) is 3.08. The van der Waals surface area contributed by atoms with E-state index in [2.05, 4.69) is 0 Å². The normalized spacial score (nSPS) is 18.0. The minimum atomic E-state index is -0.361.